The number of benzene rings is 1. The molecule has 2 unspecified atom stereocenters. The molecule has 112 valence electrons. The molecule has 1 aliphatic heterocycles. The highest BCUT2D eigenvalue weighted by Gasteiger charge is 2.26. The van der Waals surface area contributed by atoms with Gasteiger partial charge in [-0.2, -0.15) is 0 Å². The first-order valence-electron chi connectivity index (χ1n) is 7.75. The summed E-state index contributed by atoms with van der Waals surface area (Å²) in [4.78, 5) is 4.06. The Hall–Kier alpha value is -1.81. The van der Waals surface area contributed by atoms with Crippen LogP contribution in [0.3, 0.4) is 0 Å². The number of unbranched alkanes of at least 4 members (excludes halogenated alkanes) is 1. The van der Waals surface area contributed by atoms with Crippen molar-refractivity contribution in [3.63, 3.8) is 0 Å². The van der Waals surface area contributed by atoms with Gasteiger partial charge in [0.1, 0.15) is 5.75 Å². The van der Waals surface area contributed by atoms with E-state index in [0.717, 1.165) is 25.4 Å². The summed E-state index contributed by atoms with van der Waals surface area (Å²) in [6.07, 6.45) is 8.07. The van der Waals surface area contributed by atoms with Gasteiger partial charge in [0.15, 0.2) is 0 Å². The van der Waals surface area contributed by atoms with Crippen LogP contribution in [0.5, 0.6) is 5.75 Å². The van der Waals surface area contributed by atoms with Crippen LogP contribution in [0.15, 0.2) is 43.0 Å². The van der Waals surface area contributed by atoms with Crippen LogP contribution in [0.4, 0.5) is 0 Å². The monoisotopic (exact) mass is 285 g/mol. The predicted octanol–water partition coefficient (Wildman–Crippen LogP) is 3.02. The summed E-state index contributed by atoms with van der Waals surface area (Å²) in [5, 5.41) is 3.70. The highest BCUT2D eigenvalue weighted by Crippen LogP contribution is 2.34. The molecule has 0 saturated heterocycles. The Bertz CT molecular complexity index is 553. The van der Waals surface area contributed by atoms with Crippen LogP contribution in [0, 0.1) is 5.92 Å². The first-order valence-corrected chi connectivity index (χ1v) is 7.75. The quantitative estimate of drug-likeness (QED) is 0.829. The standard InChI is InChI=1S/C17H23N3O/c1-14-12-21-16-7-3-2-6-15(16)17(14)19-8-4-5-10-20-11-9-18-13-20/h2-3,6-7,9,11,13-14,17,19H,4-5,8,10,12H2,1H3. The van der Waals surface area contributed by atoms with Crippen LogP contribution in [0.1, 0.15) is 31.4 Å². The molecule has 1 N–H and O–H groups in total. The van der Waals surface area contributed by atoms with E-state index in [1.165, 1.54) is 18.4 Å². The fourth-order valence-electron chi connectivity index (χ4n) is 2.90. The second-order valence-corrected chi connectivity index (χ2v) is 5.77. The molecular weight excluding hydrogens is 262 g/mol. The van der Waals surface area contributed by atoms with Crippen molar-refractivity contribution < 1.29 is 4.74 Å². The van der Waals surface area contributed by atoms with E-state index < -0.39 is 0 Å². The van der Waals surface area contributed by atoms with E-state index in [1.807, 2.05) is 24.8 Å². The van der Waals surface area contributed by atoms with E-state index in [1.54, 1.807) is 0 Å². The molecule has 3 rings (SSSR count). The zero-order chi connectivity index (χ0) is 14.5. The predicted molar refractivity (Wildman–Crippen MR) is 83.3 cm³/mol. The molecule has 2 atom stereocenters. The molecule has 1 aromatic heterocycles. The molecule has 2 heterocycles. The maximum absolute atomic E-state index is 5.79. The number of aromatic nitrogens is 2. The summed E-state index contributed by atoms with van der Waals surface area (Å²) in [5.41, 5.74) is 1.30. The van der Waals surface area contributed by atoms with E-state index >= 15 is 0 Å². The number of hydrogen-bond acceptors (Lipinski definition) is 3. The number of nitrogens with one attached hydrogen (secondary N) is 1. The number of hydrogen-bond donors (Lipinski definition) is 1. The number of aryl methyl sites for hydroxylation is 1. The molecule has 0 amide bonds. The van der Waals surface area contributed by atoms with Crippen molar-refractivity contribution in [3.8, 4) is 5.75 Å². The van der Waals surface area contributed by atoms with Gasteiger partial charge in [0.25, 0.3) is 0 Å². The lowest BCUT2D eigenvalue weighted by Crippen LogP contribution is -2.34. The first kappa shape index (κ1) is 14.1. The summed E-state index contributed by atoms with van der Waals surface area (Å²) < 4.78 is 7.92. The lowest BCUT2D eigenvalue weighted by Gasteiger charge is -2.32. The summed E-state index contributed by atoms with van der Waals surface area (Å²) >= 11 is 0. The topological polar surface area (TPSA) is 39.1 Å². The molecule has 0 aliphatic carbocycles. The number of ether oxygens (including phenoxy) is 1. The smallest absolute Gasteiger partial charge is 0.124 e. The zero-order valence-corrected chi connectivity index (χ0v) is 12.5. The van der Waals surface area contributed by atoms with Gasteiger partial charge in [-0.15, -0.1) is 0 Å². The number of rotatable bonds is 6. The van der Waals surface area contributed by atoms with Gasteiger partial charge in [-0.3, -0.25) is 0 Å². The van der Waals surface area contributed by atoms with E-state index in [0.29, 0.717) is 12.0 Å². The Kier molecular flexibility index (Phi) is 4.55. The molecular formula is C17H23N3O. The van der Waals surface area contributed by atoms with Crippen LogP contribution in [-0.2, 0) is 6.54 Å². The fraction of sp³-hybridized carbons (Fsp3) is 0.471. The van der Waals surface area contributed by atoms with E-state index in [4.69, 9.17) is 4.74 Å². The maximum atomic E-state index is 5.79. The molecule has 21 heavy (non-hydrogen) atoms. The molecule has 0 saturated carbocycles. The van der Waals surface area contributed by atoms with Gasteiger partial charge in [-0.1, -0.05) is 25.1 Å². The third-order valence-electron chi connectivity index (χ3n) is 4.09. The normalized spacial score (nSPS) is 20.8. The number of nitrogens with zero attached hydrogens (tertiary/aromatic N) is 2. The molecule has 0 spiro atoms. The van der Waals surface area contributed by atoms with Crippen molar-refractivity contribution in [3.05, 3.63) is 48.5 Å². The molecule has 0 radical (unpaired) electrons. The van der Waals surface area contributed by atoms with E-state index in [2.05, 4.69) is 40.0 Å². The van der Waals surface area contributed by atoms with Crippen molar-refractivity contribution in [1.29, 1.82) is 0 Å². The summed E-state index contributed by atoms with van der Waals surface area (Å²) in [6, 6.07) is 8.77. The van der Waals surface area contributed by atoms with Gasteiger partial charge >= 0.3 is 0 Å². The molecule has 4 heteroatoms. The summed E-state index contributed by atoms with van der Waals surface area (Å²) in [6.45, 7) is 5.13. The SMILES string of the molecule is CC1COc2ccccc2C1NCCCCn1ccnc1. The maximum Gasteiger partial charge on any atom is 0.124 e. The highest BCUT2D eigenvalue weighted by atomic mass is 16.5. The molecule has 0 bridgehead atoms. The summed E-state index contributed by atoms with van der Waals surface area (Å²) in [7, 11) is 0. The second-order valence-electron chi connectivity index (χ2n) is 5.77. The fourth-order valence-corrected chi connectivity index (χ4v) is 2.90. The first-order chi connectivity index (χ1) is 10.3. The van der Waals surface area contributed by atoms with Crippen LogP contribution in [0.2, 0.25) is 0 Å². The Morgan fingerprint density at radius 2 is 2.24 bits per heavy atom. The third-order valence-corrected chi connectivity index (χ3v) is 4.09. The molecule has 4 nitrogen and oxygen atoms in total. The Labute approximate surface area is 126 Å². The van der Waals surface area contributed by atoms with Gasteiger partial charge in [0, 0.05) is 36.5 Å². The number of imidazole rings is 1. The highest BCUT2D eigenvalue weighted by molar-refractivity contribution is 5.37. The molecule has 1 aromatic carbocycles. The largest absolute Gasteiger partial charge is 0.493 e. The summed E-state index contributed by atoms with van der Waals surface area (Å²) in [5.74, 6) is 1.54. The van der Waals surface area contributed by atoms with Crippen molar-refractivity contribution in [2.24, 2.45) is 5.92 Å². The average molecular weight is 285 g/mol. The van der Waals surface area contributed by atoms with Crippen molar-refractivity contribution >= 4 is 0 Å². The van der Waals surface area contributed by atoms with Crippen molar-refractivity contribution in [2.75, 3.05) is 13.2 Å². The minimum Gasteiger partial charge on any atom is -0.493 e. The minimum atomic E-state index is 0.406. The van der Waals surface area contributed by atoms with Gasteiger partial charge in [-0.25, -0.2) is 4.98 Å². The Morgan fingerprint density at radius 1 is 1.33 bits per heavy atom. The van der Waals surface area contributed by atoms with Gasteiger partial charge < -0.3 is 14.6 Å². The average Bonchev–Trinajstić information content (AvgIpc) is 3.02. The number of para-hydroxylation sites is 1. The third kappa shape index (κ3) is 3.45. The van der Waals surface area contributed by atoms with Crippen LogP contribution in [-0.4, -0.2) is 22.7 Å². The zero-order valence-electron chi connectivity index (χ0n) is 12.5. The van der Waals surface area contributed by atoms with E-state index in [-0.39, 0.29) is 0 Å². The van der Waals surface area contributed by atoms with Crippen molar-refractivity contribution in [1.82, 2.24) is 14.9 Å². The molecule has 1 aliphatic rings. The minimum absolute atomic E-state index is 0.406. The van der Waals surface area contributed by atoms with Gasteiger partial charge in [0.2, 0.25) is 0 Å². The van der Waals surface area contributed by atoms with Crippen molar-refractivity contribution in [2.45, 2.75) is 32.4 Å². The molecule has 0 fully saturated rings. The molecule has 2 aromatic rings. The van der Waals surface area contributed by atoms with Crippen LogP contribution < -0.4 is 10.1 Å². The van der Waals surface area contributed by atoms with Crippen LogP contribution >= 0.6 is 0 Å². The lowest BCUT2D eigenvalue weighted by molar-refractivity contribution is 0.188. The van der Waals surface area contributed by atoms with Gasteiger partial charge in [-0.05, 0) is 25.5 Å². The number of fused-ring (bicyclic) bond motifs is 1. The van der Waals surface area contributed by atoms with Crippen LogP contribution in [0.25, 0.3) is 0 Å². The lowest BCUT2D eigenvalue weighted by atomic mass is 9.92. The second kappa shape index (κ2) is 6.76. The van der Waals surface area contributed by atoms with E-state index in [9.17, 15) is 0 Å². The van der Waals surface area contributed by atoms with Gasteiger partial charge in [0.05, 0.1) is 12.9 Å². The Balaban J connectivity index is 1.48. The Morgan fingerprint density at radius 3 is 3.10 bits per heavy atom.